The normalized spacial score (nSPS) is 12.9. The second-order valence-electron chi connectivity index (χ2n) is 6.72. The average molecular weight is 398 g/mol. The summed E-state index contributed by atoms with van der Waals surface area (Å²) >= 11 is 0. The van der Waals surface area contributed by atoms with Gasteiger partial charge in [-0.1, -0.05) is 18.2 Å². The fourth-order valence-corrected chi connectivity index (χ4v) is 3.27. The first kappa shape index (κ1) is 20.1. The summed E-state index contributed by atoms with van der Waals surface area (Å²) in [4.78, 5) is 44.3. The molecule has 0 fully saturated rings. The van der Waals surface area contributed by atoms with E-state index < -0.39 is 29.1 Å². The number of esters is 1. The van der Waals surface area contributed by atoms with Crippen molar-refractivity contribution >= 4 is 22.6 Å². The van der Waals surface area contributed by atoms with E-state index in [1.807, 2.05) is 24.3 Å². The second kappa shape index (κ2) is 7.78. The maximum Gasteiger partial charge on any atom is 0.333 e. The number of hydrogen-bond donors (Lipinski definition) is 2. The van der Waals surface area contributed by atoms with Crippen LogP contribution < -0.4 is 11.2 Å². The number of ether oxygens (including phenoxy) is 1. The highest BCUT2D eigenvalue weighted by molar-refractivity contribution is 6.01. The number of aromatic amines is 1. The number of rotatable bonds is 5. The number of aromatic nitrogens is 3. The van der Waals surface area contributed by atoms with Crippen LogP contribution >= 0.6 is 0 Å². The van der Waals surface area contributed by atoms with E-state index in [2.05, 4.69) is 9.98 Å². The minimum absolute atomic E-state index is 0.133. The van der Waals surface area contributed by atoms with E-state index in [4.69, 9.17) is 4.74 Å². The van der Waals surface area contributed by atoms with E-state index in [0.29, 0.717) is 0 Å². The van der Waals surface area contributed by atoms with Crippen LogP contribution in [0.3, 0.4) is 0 Å². The van der Waals surface area contributed by atoms with Crippen LogP contribution in [0, 0.1) is 0 Å². The lowest BCUT2D eigenvalue weighted by atomic mass is 10.0. The number of para-hydroxylation sites is 1. The van der Waals surface area contributed by atoms with E-state index in [0.717, 1.165) is 25.6 Å². The van der Waals surface area contributed by atoms with Crippen LogP contribution in [0.15, 0.2) is 45.0 Å². The lowest BCUT2D eigenvalue weighted by Gasteiger charge is -2.14. The number of nitrogens with zero attached hydrogens (tertiary/aromatic N) is 3. The fourth-order valence-electron chi connectivity index (χ4n) is 3.27. The van der Waals surface area contributed by atoms with Gasteiger partial charge in [0.05, 0.1) is 12.8 Å². The molecule has 0 unspecified atom stereocenters. The van der Waals surface area contributed by atoms with E-state index >= 15 is 0 Å². The van der Waals surface area contributed by atoms with Crippen molar-refractivity contribution in [1.29, 1.82) is 0 Å². The highest BCUT2D eigenvalue weighted by Crippen LogP contribution is 2.21. The van der Waals surface area contributed by atoms with Gasteiger partial charge in [-0.05, 0) is 18.6 Å². The number of aliphatic imine (C=N–C) groups is 1. The Morgan fingerprint density at radius 1 is 1.24 bits per heavy atom. The van der Waals surface area contributed by atoms with Gasteiger partial charge in [0.25, 0.3) is 5.56 Å². The number of nitrogens with one attached hydrogen (secondary N) is 1. The third-order valence-electron chi connectivity index (χ3n) is 4.91. The van der Waals surface area contributed by atoms with Crippen LogP contribution in [0.5, 0.6) is 5.88 Å². The van der Waals surface area contributed by atoms with Crippen molar-refractivity contribution in [2.75, 3.05) is 7.11 Å². The summed E-state index contributed by atoms with van der Waals surface area (Å²) in [5.74, 6) is -1.08. The topological polar surface area (TPSA) is 119 Å². The zero-order chi connectivity index (χ0) is 21.3. The van der Waals surface area contributed by atoms with Crippen molar-refractivity contribution in [3.63, 3.8) is 0 Å². The van der Waals surface area contributed by atoms with Crippen LogP contribution in [0.25, 0.3) is 10.9 Å². The molecule has 29 heavy (non-hydrogen) atoms. The van der Waals surface area contributed by atoms with Crippen molar-refractivity contribution < 1.29 is 14.6 Å². The summed E-state index contributed by atoms with van der Waals surface area (Å²) < 4.78 is 6.70. The molecule has 0 aliphatic heterocycles. The largest absolute Gasteiger partial charge is 0.494 e. The van der Waals surface area contributed by atoms with E-state index in [9.17, 15) is 19.5 Å². The standard InChI is InChI=1S/C20H22N4O5/c1-11(16-17(25)23(2)20(28)24(3)18(16)26)22-15(19(27)29-4)9-12-10-21-14-8-6-5-7-13(12)14/h5-8,10,15,21,25H,9H2,1-4H3/t15-/m1/s1. The Morgan fingerprint density at radius 3 is 2.62 bits per heavy atom. The number of methoxy groups -OCH3 is 1. The molecule has 2 heterocycles. The number of hydrogen-bond acceptors (Lipinski definition) is 6. The summed E-state index contributed by atoms with van der Waals surface area (Å²) in [5, 5.41) is 11.3. The number of H-pyrrole nitrogens is 1. The van der Waals surface area contributed by atoms with E-state index in [1.165, 1.54) is 28.1 Å². The van der Waals surface area contributed by atoms with Gasteiger partial charge in [0.15, 0.2) is 6.04 Å². The summed E-state index contributed by atoms with van der Waals surface area (Å²) in [6.45, 7) is 1.51. The van der Waals surface area contributed by atoms with Gasteiger partial charge in [0.2, 0.25) is 5.88 Å². The van der Waals surface area contributed by atoms with Crippen LogP contribution in [0.2, 0.25) is 0 Å². The van der Waals surface area contributed by atoms with E-state index in [1.54, 1.807) is 6.20 Å². The lowest BCUT2D eigenvalue weighted by molar-refractivity contribution is -0.142. The molecule has 1 atom stereocenters. The summed E-state index contributed by atoms with van der Waals surface area (Å²) in [6, 6.07) is 6.72. The average Bonchev–Trinajstić information content (AvgIpc) is 3.12. The molecule has 1 aromatic carbocycles. The number of fused-ring (bicyclic) bond motifs is 1. The van der Waals surface area contributed by atoms with Crippen molar-refractivity contribution in [3.8, 4) is 5.88 Å². The molecule has 152 valence electrons. The number of aromatic hydroxyl groups is 1. The maximum atomic E-state index is 12.5. The van der Waals surface area contributed by atoms with Gasteiger partial charge in [0, 0.05) is 37.6 Å². The molecule has 3 rings (SSSR count). The van der Waals surface area contributed by atoms with Crippen molar-refractivity contribution in [1.82, 2.24) is 14.1 Å². The lowest BCUT2D eigenvalue weighted by Crippen LogP contribution is -2.40. The third-order valence-corrected chi connectivity index (χ3v) is 4.91. The molecule has 0 amide bonds. The molecular weight excluding hydrogens is 376 g/mol. The molecular formula is C20H22N4O5. The minimum Gasteiger partial charge on any atom is -0.494 e. The Morgan fingerprint density at radius 2 is 1.93 bits per heavy atom. The van der Waals surface area contributed by atoms with Gasteiger partial charge in [-0.3, -0.25) is 18.9 Å². The Kier molecular flexibility index (Phi) is 5.40. The second-order valence-corrected chi connectivity index (χ2v) is 6.72. The summed E-state index contributed by atoms with van der Waals surface area (Å²) in [6.07, 6.45) is 2.04. The molecule has 0 radical (unpaired) electrons. The molecule has 0 saturated carbocycles. The number of carbonyl (C=O) groups is 1. The first-order chi connectivity index (χ1) is 13.8. The van der Waals surface area contributed by atoms with Gasteiger partial charge in [-0.25, -0.2) is 9.59 Å². The molecule has 0 aliphatic rings. The molecule has 9 nitrogen and oxygen atoms in total. The molecule has 3 aromatic rings. The van der Waals surface area contributed by atoms with Gasteiger partial charge in [-0.15, -0.1) is 0 Å². The zero-order valence-electron chi connectivity index (χ0n) is 16.6. The molecule has 0 saturated heterocycles. The Hall–Kier alpha value is -3.62. The zero-order valence-corrected chi connectivity index (χ0v) is 16.6. The third kappa shape index (κ3) is 3.58. The predicted molar refractivity (Wildman–Crippen MR) is 109 cm³/mol. The number of carbonyl (C=O) groups excluding carboxylic acids is 1. The molecule has 0 aliphatic carbocycles. The monoisotopic (exact) mass is 398 g/mol. The van der Waals surface area contributed by atoms with Crippen molar-refractivity contribution in [2.45, 2.75) is 19.4 Å². The Bertz CT molecular complexity index is 1230. The van der Waals surface area contributed by atoms with E-state index in [-0.39, 0.29) is 17.7 Å². The Labute approximate surface area is 165 Å². The van der Waals surface area contributed by atoms with Gasteiger partial charge in [0.1, 0.15) is 5.56 Å². The fraction of sp³-hybridized carbons (Fsp3) is 0.300. The van der Waals surface area contributed by atoms with Crippen LogP contribution in [-0.2, 0) is 30.0 Å². The highest BCUT2D eigenvalue weighted by Gasteiger charge is 2.23. The van der Waals surface area contributed by atoms with Gasteiger partial charge < -0.3 is 14.8 Å². The van der Waals surface area contributed by atoms with Crippen LogP contribution in [0.1, 0.15) is 18.1 Å². The Balaban J connectivity index is 2.07. The maximum absolute atomic E-state index is 12.5. The van der Waals surface area contributed by atoms with Crippen LogP contribution in [0.4, 0.5) is 0 Å². The molecule has 0 bridgehead atoms. The number of benzene rings is 1. The molecule has 2 aromatic heterocycles. The molecule has 2 N–H and O–H groups in total. The van der Waals surface area contributed by atoms with Gasteiger partial charge >= 0.3 is 11.7 Å². The molecule has 0 spiro atoms. The SMILES string of the molecule is COC(=O)[C@@H](Cc1c[nH]c2ccccc12)N=C(C)c1c(O)n(C)c(=O)n(C)c1=O. The quantitative estimate of drug-likeness (QED) is 0.488. The first-order valence-corrected chi connectivity index (χ1v) is 8.92. The van der Waals surface area contributed by atoms with Crippen LogP contribution in [-0.4, -0.2) is 44.1 Å². The predicted octanol–water partition coefficient (Wildman–Crippen LogP) is 0.864. The van der Waals surface area contributed by atoms with Crippen molar-refractivity contribution in [2.24, 2.45) is 19.1 Å². The summed E-state index contributed by atoms with van der Waals surface area (Å²) in [7, 11) is 3.92. The van der Waals surface area contributed by atoms with Gasteiger partial charge in [-0.2, -0.15) is 0 Å². The van der Waals surface area contributed by atoms with Crippen molar-refractivity contribution in [3.05, 3.63) is 62.4 Å². The molecule has 9 heteroatoms. The summed E-state index contributed by atoms with van der Waals surface area (Å²) in [5.41, 5.74) is 0.438. The smallest absolute Gasteiger partial charge is 0.333 e. The highest BCUT2D eigenvalue weighted by atomic mass is 16.5. The minimum atomic E-state index is -0.930. The first-order valence-electron chi connectivity index (χ1n) is 8.92.